The fraction of sp³-hybridized carbons (Fsp3) is 0.412. The molecule has 3 aromatic rings. The van der Waals surface area contributed by atoms with Crippen molar-refractivity contribution in [3.63, 3.8) is 0 Å². The Kier molecular flexibility index (Phi) is 3.34. The third-order valence-corrected chi connectivity index (χ3v) is 4.53. The molecule has 0 saturated carbocycles. The molecule has 1 N–H and O–H groups in total. The summed E-state index contributed by atoms with van der Waals surface area (Å²) in [6.45, 7) is 6.82. The van der Waals surface area contributed by atoms with E-state index in [1.54, 1.807) is 10.8 Å². The monoisotopic (exact) mass is 312 g/mol. The maximum atomic E-state index is 12.8. The minimum absolute atomic E-state index is 0.0218. The lowest BCUT2D eigenvalue weighted by Crippen LogP contribution is -2.36. The Morgan fingerprint density at radius 1 is 1.43 bits per heavy atom. The van der Waals surface area contributed by atoms with Gasteiger partial charge in [-0.05, 0) is 32.4 Å². The Hall–Kier alpha value is -2.34. The Morgan fingerprint density at radius 2 is 2.30 bits per heavy atom. The molecule has 0 aliphatic carbocycles. The Bertz CT molecular complexity index is 918. The number of nitrogens with one attached hydrogen (secondary N) is 1. The van der Waals surface area contributed by atoms with E-state index in [0.717, 1.165) is 60.8 Å². The minimum Gasteiger partial charge on any atom is -0.469 e. The van der Waals surface area contributed by atoms with Crippen LogP contribution in [-0.4, -0.2) is 32.6 Å². The molecular formula is C17H20N4O2. The van der Waals surface area contributed by atoms with Gasteiger partial charge in [0.2, 0.25) is 0 Å². The first-order valence-corrected chi connectivity index (χ1v) is 8.07. The minimum atomic E-state index is 0.0218. The number of hydrogen-bond acceptors (Lipinski definition) is 4. The predicted molar refractivity (Wildman–Crippen MR) is 87.5 cm³/mol. The molecule has 6 nitrogen and oxygen atoms in total. The van der Waals surface area contributed by atoms with Gasteiger partial charge in [-0.25, -0.2) is 9.50 Å². The molecule has 1 aliphatic heterocycles. The molecule has 0 radical (unpaired) electrons. The van der Waals surface area contributed by atoms with Crippen molar-refractivity contribution in [3.8, 4) is 11.3 Å². The molecule has 120 valence electrons. The van der Waals surface area contributed by atoms with Crippen molar-refractivity contribution in [2.75, 3.05) is 13.1 Å². The highest BCUT2D eigenvalue weighted by Gasteiger charge is 2.22. The van der Waals surface area contributed by atoms with Crippen LogP contribution in [0, 0.1) is 6.92 Å². The van der Waals surface area contributed by atoms with Crippen LogP contribution in [0.4, 0.5) is 0 Å². The van der Waals surface area contributed by atoms with Gasteiger partial charge in [0.1, 0.15) is 5.76 Å². The van der Waals surface area contributed by atoms with Gasteiger partial charge in [-0.2, -0.15) is 0 Å². The van der Waals surface area contributed by atoms with Crippen LogP contribution in [0.3, 0.4) is 0 Å². The van der Waals surface area contributed by atoms with Crippen LogP contribution < -0.4 is 5.56 Å². The molecule has 0 aromatic carbocycles. The molecule has 0 bridgehead atoms. The lowest BCUT2D eigenvalue weighted by molar-refractivity contribution is 0.250. The van der Waals surface area contributed by atoms with Crippen molar-refractivity contribution in [1.29, 1.82) is 0 Å². The van der Waals surface area contributed by atoms with Gasteiger partial charge in [0.25, 0.3) is 5.56 Å². The maximum Gasteiger partial charge on any atom is 0.276 e. The van der Waals surface area contributed by atoms with Gasteiger partial charge in [0.05, 0.1) is 17.7 Å². The summed E-state index contributed by atoms with van der Waals surface area (Å²) in [5.74, 6) is 0.823. The van der Waals surface area contributed by atoms with E-state index in [0.29, 0.717) is 5.65 Å². The van der Waals surface area contributed by atoms with Crippen LogP contribution in [-0.2, 0) is 13.0 Å². The molecule has 6 heteroatoms. The van der Waals surface area contributed by atoms with E-state index in [2.05, 4.69) is 16.9 Å². The number of aryl methyl sites for hydroxylation is 1. The molecule has 3 aromatic heterocycles. The van der Waals surface area contributed by atoms with Gasteiger partial charge in [-0.1, -0.05) is 6.92 Å². The first-order valence-electron chi connectivity index (χ1n) is 8.07. The van der Waals surface area contributed by atoms with Crippen LogP contribution in [0.1, 0.15) is 30.4 Å². The van der Waals surface area contributed by atoms with Crippen molar-refractivity contribution in [2.45, 2.75) is 33.2 Å². The van der Waals surface area contributed by atoms with Gasteiger partial charge in [-0.3, -0.25) is 14.8 Å². The van der Waals surface area contributed by atoms with Crippen LogP contribution in [0.15, 0.2) is 27.6 Å². The van der Waals surface area contributed by atoms with Crippen LogP contribution >= 0.6 is 0 Å². The maximum absolute atomic E-state index is 12.8. The highest BCUT2D eigenvalue weighted by Crippen LogP contribution is 2.24. The third kappa shape index (κ3) is 2.30. The van der Waals surface area contributed by atoms with Crippen molar-refractivity contribution < 1.29 is 4.42 Å². The molecule has 0 unspecified atom stereocenters. The SMILES string of the molecule is CCCN1CCc2c(nc3cc(-c4ccoc4C)[nH]n3c2=O)C1. The van der Waals surface area contributed by atoms with Crippen LogP contribution in [0.5, 0.6) is 0 Å². The predicted octanol–water partition coefficient (Wildman–Crippen LogP) is 2.36. The fourth-order valence-electron chi connectivity index (χ4n) is 3.36. The standard InChI is InChI=1S/C17H20N4O2/c1-3-6-20-7-4-13-15(10-20)18-16-9-14(19-21(16)17(13)22)12-5-8-23-11(12)2/h5,8-9,19H,3-4,6-7,10H2,1-2H3. The van der Waals surface area contributed by atoms with Crippen molar-refractivity contribution in [2.24, 2.45) is 0 Å². The number of H-pyrrole nitrogens is 1. The summed E-state index contributed by atoms with van der Waals surface area (Å²) in [6, 6.07) is 3.81. The van der Waals surface area contributed by atoms with Gasteiger partial charge in [0, 0.05) is 30.3 Å². The van der Waals surface area contributed by atoms with E-state index in [-0.39, 0.29) is 5.56 Å². The average molecular weight is 312 g/mol. The quantitative estimate of drug-likeness (QED) is 0.806. The summed E-state index contributed by atoms with van der Waals surface area (Å²) in [6.07, 6.45) is 3.54. The van der Waals surface area contributed by atoms with Gasteiger partial charge >= 0.3 is 0 Å². The van der Waals surface area contributed by atoms with Crippen molar-refractivity contribution >= 4 is 5.65 Å². The number of fused-ring (bicyclic) bond motifs is 2. The molecule has 0 atom stereocenters. The van der Waals surface area contributed by atoms with E-state index in [1.165, 1.54) is 0 Å². The molecule has 0 saturated heterocycles. The first-order chi connectivity index (χ1) is 11.2. The Balaban J connectivity index is 1.82. The zero-order valence-corrected chi connectivity index (χ0v) is 13.4. The number of hydrogen-bond donors (Lipinski definition) is 1. The van der Waals surface area contributed by atoms with E-state index >= 15 is 0 Å². The van der Waals surface area contributed by atoms with E-state index in [1.807, 2.05) is 19.1 Å². The van der Waals surface area contributed by atoms with Crippen LogP contribution in [0.2, 0.25) is 0 Å². The zero-order chi connectivity index (χ0) is 16.0. The largest absolute Gasteiger partial charge is 0.469 e. The lowest BCUT2D eigenvalue weighted by Gasteiger charge is -2.26. The molecule has 0 spiro atoms. The third-order valence-electron chi connectivity index (χ3n) is 4.53. The second-order valence-corrected chi connectivity index (χ2v) is 6.12. The molecule has 23 heavy (non-hydrogen) atoms. The number of aromatic nitrogens is 3. The van der Waals surface area contributed by atoms with Crippen molar-refractivity contribution in [1.82, 2.24) is 19.5 Å². The topological polar surface area (TPSA) is 66.5 Å². The molecule has 0 fully saturated rings. The summed E-state index contributed by atoms with van der Waals surface area (Å²) in [5, 5.41) is 3.16. The second kappa shape index (κ2) is 5.38. The summed E-state index contributed by atoms with van der Waals surface area (Å²) in [4.78, 5) is 19.8. The first kappa shape index (κ1) is 14.3. The number of aromatic amines is 1. The van der Waals surface area contributed by atoms with Gasteiger partial charge in [0.15, 0.2) is 5.65 Å². The summed E-state index contributed by atoms with van der Waals surface area (Å²) in [7, 11) is 0. The van der Waals surface area contributed by atoms with E-state index < -0.39 is 0 Å². The number of nitrogens with zero attached hydrogens (tertiary/aromatic N) is 3. The summed E-state index contributed by atoms with van der Waals surface area (Å²) >= 11 is 0. The van der Waals surface area contributed by atoms with Gasteiger partial charge in [-0.15, -0.1) is 0 Å². The van der Waals surface area contributed by atoms with Crippen LogP contribution in [0.25, 0.3) is 16.9 Å². The van der Waals surface area contributed by atoms with Gasteiger partial charge < -0.3 is 4.42 Å². The smallest absolute Gasteiger partial charge is 0.276 e. The van der Waals surface area contributed by atoms with Crippen molar-refractivity contribution in [3.05, 3.63) is 45.8 Å². The highest BCUT2D eigenvalue weighted by molar-refractivity contribution is 5.65. The molecule has 1 aliphatic rings. The second-order valence-electron chi connectivity index (χ2n) is 6.12. The Labute approximate surface area is 133 Å². The van der Waals surface area contributed by atoms with E-state index in [4.69, 9.17) is 9.40 Å². The number of furan rings is 1. The molecule has 4 heterocycles. The van der Waals surface area contributed by atoms with E-state index in [9.17, 15) is 4.79 Å². The summed E-state index contributed by atoms with van der Waals surface area (Å²) in [5.41, 5.74) is 4.27. The molecule has 0 amide bonds. The Morgan fingerprint density at radius 3 is 3.04 bits per heavy atom. The molecule has 4 rings (SSSR count). The average Bonchev–Trinajstić information content (AvgIpc) is 3.13. The highest BCUT2D eigenvalue weighted by atomic mass is 16.3. The zero-order valence-electron chi connectivity index (χ0n) is 13.4. The number of rotatable bonds is 3. The fourth-order valence-corrected chi connectivity index (χ4v) is 3.36. The normalized spacial score (nSPS) is 15.2. The lowest BCUT2D eigenvalue weighted by atomic mass is 10.1. The molecular weight excluding hydrogens is 292 g/mol. The summed E-state index contributed by atoms with van der Waals surface area (Å²) < 4.78 is 6.90.